The van der Waals surface area contributed by atoms with Crippen LogP contribution in [0, 0.1) is 0 Å². The van der Waals surface area contributed by atoms with Crippen LogP contribution in [-0.2, 0) is 0 Å². The molecule has 2 aromatic rings. The van der Waals surface area contributed by atoms with E-state index in [1.807, 2.05) is 48.5 Å². The number of aromatic nitrogens is 1. The summed E-state index contributed by atoms with van der Waals surface area (Å²) in [6.07, 6.45) is 1.09. The lowest BCUT2D eigenvalue weighted by molar-refractivity contribution is 0.333. The van der Waals surface area contributed by atoms with Crippen LogP contribution in [0.25, 0.3) is 0 Å². The highest BCUT2D eigenvalue weighted by molar-refractivity contribution is 5.45. The standard InChI is InChI=1S/C16H21N3O/c1-2-11-17-15-9-6-10-16(19-15)18-12-13-20-14-7-4-3-5-8-14/h3-10H,2,11-13H2,1H3,(H2,17,18,19). The number of hydrogen-bond acceptors (Lipinski definition) is 4. The zero-order chi connectivity index (χ0) is 14.0. The van der Waals surface area contributed by atoms with Crippen LogP contribution in [-0.4, -0.2) is 24.7 Å². The molecule has 2 N–H and O–H groups in total. The van der Waals surface area contributed by atoms with E-state index in [0.29, 0.717) is 6.61 Å². The van der Waals surface area contributed by atoms with E-state index in [-0.39, 0.29) is 0 Å². The monoisotopic (exact) mass is 271 g/mol. The van der Waals surface area contributed by atoms with Crippen LogP contribution in [0.15, 0.2) is 48.5 Å². The van der Waals surface area contributed by atoms with Crippen molar-refractivity contribution in [3.05, 3.63) is 48.5 Å². The summed E-state index contributed by atoms with van der Waals surface area (Å²) in [5, 5.41) is 6.52. The molecule has 4 nitrogen and oxygen atoms in total. The number of hydrogen-bond donors (Lipinski definition) is 2. The van der Waals surface area contributed by atoms with Gasteiger partial charge in [0, 0.05) is 6.54 Å². The number of anilines is 2. The number of para-hydroxylation sites is 1. The van der Waals surface area contributed by atoms with Crippen molar-refractivity contribution < 1.29 is 4.74 Å². The maximum atomic E-state index is 5.62. The fraction of sp³-hybridized carbons (Fsp3) is 0.312. The van der Waals surface area contributed by atoms with Gasteiger partial charge < -0.3 is 15.4 Å². The molecule has 0 saturated heterocycles. The van der Waals surface area contributed by atoms with Crippen LogP contribution >= 0.6 is 0 Å². The first-order valence-corrected chi connectivity index (χ1v) is 7.01. The van der Waals surface area contributed by atoms with Gasteiger partial charge in [-0.2, -0.15) is 0 Å². The molecule has 0 atom stereocenters. The van der Waals surface area contributed by atoms with Crippen LogP contribution in [0.4, 0.5) is 11.6 Å². The molecule has 1 aromatic carbocycles. The van der Waals surface area contributed by atoms with Crippen molar-refractivity contribution >= 4 is 11.6 Å². The van der Waals surface area contributed by atoms with Crippen LogP contribution < -0.4 is 15.4 Å². The molecule has 106 valence electrons. The topological polar surface area (TPSA) is 46.2 Å². The SMILES string of the molecule is CCCNc1cccc(NCCOc2ccccc2)n1. The quantitative estimate of drug-likeness (QED) is 0.722. The minimum Gasteiger partial charge on any atom is -0.492 e. The summed E-state index contributed by atoms with van der Waals surface area (Å²) in [5.74, 6) is 2.66. The smallest absolute Gasteiger partial charge is 0.128 e. The van der Waals surface area contributed by atoms with Crippen LogP contribution in [0.2, 0.25) is 0 Å². The van der Waals surface area contributed by atoms with E-state index in [4.69, 9.17) is 4.74 Å². The first-order valence-electron chi connectivity index (χ1n) is 7.01. The summed E-state index contributed by atoms with van der Waals surface area (Å²) in [4.78, 5) is 4.48. The van der Waals surface area contributed by atoms with Gasteiger partial charge >= 0.3 is 0 Å². The van der Waals surface area contributed by atoms with Gasteiger partial charge in [-0.25, -0.2) is 4.98 Å². The zero-order valence-electron chi connectivity index (χ0n) is 11.8. The van der Waals surface area contributed by atoms with Crippen LogP contribution in [0.5, 0.6) is 5.75 Å². The Balaban J connectivity index is 1.73. The molecule has 2 rings (SSSR count). The highest BCUT2D eigenvalue weighted by Gasteiger charge is 1.97. The molecule has 0 aliphatic carbocycles. The Hall–Kier alpha value is -2.23. The summed E-state index contributed by atoms with van der Waals surface area (Å²) in [6.45, 7) is 4.40. The van der Waals surface area contributed by atoms with Gasteiger partial charge in [0.2, 0.25) is 0 Å². The van der Waals surface area contributed by atoms with E-state index in [9.17, 15) is 0 Å². The molecule has 0 aliphatic rings. The Morgan fingerprint density at radius 3 is 2.30 bits per heavy atom. The highest BCUT2D eigenvalue weighted by atomic mass is 16.5. The second-order valence-electron chi connectivity index (χ2n) is 4.42. The highest BCUT2D eigenvalue weighted by Crippen LogP contribution is 2.10. The van der Waals surface area contributed by atoms with Crippen molar-refractivity contribution in [3.8, 4) is 5.75 Å². The van der Waals surface area contributed by atoms with E-state index in [1.165, 1.54) is 0 Å². The third-order valence-electron chi connectivity index (χ3n) is 2.73. The Kier molecular flexibility index (Phi) is 5.71. The third kappa shape index (κ3) is 4.80. The van der Waals surface area contributed by atoms with Gasteiger partial charge in [-0.05, 0) is 30.7 Å². The van der Waals surface area contributed by atoms with Gasteiger partial charge in [-0.1, -0.05) is 31.2 Å². The second-order valence-corrected chi connectivity index (χ2v) is 4.42. The van der Waals surface area contributed by atoms with E-state index in [2.05, 4.69) is 22.5 Å². The fourth-order valence-electron chi connectivity index (χ4n) is 1.75. The van der Waals surface area contributed by atoms with Gasteiger partial charge in [-0.3, -0.25) is 0 Å². The number of benzene rings is 1. The van der Waals surface area contributed by atoms with Gasteiger partial charge in [-0.15, -0.1) is 0 Å². The van der Waals surface area contributed by atoms with Crippen LogP contribution in [0.3, 0.4) is 0 Å². The molecule has 20 heavy (non-hydrogen) atoms. The molecule has 4 heteroatoms. The Labute approximate surface area is 120 Å². The summed E-state index contributed by atoms with van der Waals surface area (Å²) in [7, 11) is 0. The van der Waals surface area contributed by atoms with Crippen LogP contribution in [0.1, 0.15) is 13.3 Å². The van der Waals surface area contributed by atoms with Gasteiger partial charge in [0.05, 0.1) is 6.54 Å². The molecule has 0 radical (unpaired) electrons. The lowest BCUT2D eigenvalue weighted by atomic mass is 10.3. The number of nitrogens with zero attached hydrogens (tertiary/aromatic N) is 1. The maximum Gasteiger partial charge on any atom is 0.128 e. The third-order valence-corrected chi connectivity index (χ3v) is 2.73. The van der Waals surface area contributed by atoms with E-state index >= 15 is 0 Å². The molecule has 0 bridgehead atoms. The fourth-order valence-corrected chi connectivity index (χ4v) is 1.75. The molecule has 1 heterocycles. The Bertz CT molecular complexity index is 502. The molecular weight excluding hydrogens is 250 g/mol. The summed E-state index contributed by atoms with van der Waals surface area (Å²) in [6, 6.07) is 15.7. The van der Waals surface area contributed by atoms with Crippen molar-refractivity contribution in [2.75, 3.05) is 30.3 Å². The van der Waals surface area contributed by atoms with Crippen molar-refractivity contribution in [2.45, 2.75) is 13.3 Å². The normalized spacial score (nSPS) is 10.1. The molecular formula is C16H21N3O. The summed E-state index contributed by atoms with van der Waals surface area (Å²) >= 11 is 0. The Morgan fingerprint density at radius 1 is 0.900 bits per heavy atom. The molecule has 0 aliphatic heterocycles. The molecule has 0 unspecified atom stereocenters. The predicted octanol–water partition coefficient (Wildman–Crippen LogP) is 3.39. The number of pyridine rings is 1. The second kappa shape index (κ2) is 8.04. The maximum absolute atomic E-state index is 5.62. The lowest BCUT2D eigenvalue weighted by Gasteiger charge is -2.09. The van der Waals surface area contributed by atoms with Gasteiger partial charge in [0.1, 0.15) is 24.0 Å². The Morgan fingerprint density at radius 2 is 1.60 bits per heavy atom. The average Bonchev–Trinajstić information content (AvgIpc) is 2.51. The molecule has 0 fully saturated rings. The van der Waals surface area contributed by atoms with E-state index in [1.54, 1.807) is 0 Å². The van der Waals surface area contributed by atoms with Crippen molar-refractivity contribution in [1.29, 1.82) is 0 Å². The van der Waals surface area contributed by atoms with Gasteiger partial charge in [0.15, 0.2) is 0 Å². The zero-order valence-corrected chi connectivity index (χ0v) is 11.8. The predicted molar refractivity (Wildman–Crippen MR) is 83.4 cm³/mol. The average molecular weight is 271 g/mol. The van der Waals surface area contributed by atoms with Gasteiger partial charge in [0.25, 0.3) is 0 Å². The van der Waals surface area contributed by atoms with Crippen molar-refractivity contribution in [1.82, 2.24) is 4.98 Å². The largest absolute Gasteiger partial charge is 0.492 e. The molecule has 0 amide bonds. The number of ether oxygens (including phenoxy) is 1. The first kappa shape index (κ1) is 14.2. The first-order chi connectivity index (χ1) is 9.88. The molecule has 0 spiro atoms. The van der Waals surface area contributed by atoms with Crippen molar-refractivity contribution in [3.63, 3.8) is 0 Å². The number of rotatable bonds is 8. The summed E-state index contributed by atoms with van der Waals surface area (Å²) < 4.78 is 5.62. The molecule has 0 saturated carbocycles. The number of nitrogens with one attached hydrogen (secondary N) is 2. The minimum atomic E-state index is 0.609. The lowest BCUT2D eigenvalue weighted by Crippen LogP contribution is -2.13. The molecule has 1 aromatic heterocycles. The van der Waals surface area contributed by atoms with E-state index < -0.39 is 0 Å². The van der Waals surface area contributed by atoms with E-state index in [0.717, 1.165) is 36.9 Å². The minimum absolute atomic E-state index is 0.609. The van der Waals surface area contributed by atoms with Crippen molar-refractivity contribution in [2.24, 2.45) is 0 Å². The summed E-state index contributed by atoms with van der Waals surface area (Å²) in [5.41, 5.74) is 0.